The maximum absolute atomic E-state index is 12.2. The molecule has 0 unspecified atom stereocenters. The van der Waals surface area contributed by atoms with Crippen molar-refractivity contribution >= 4 is 38.4 Å². The normalized spacial score (nSPS) is 11.4. The third kappa shape index (κ3) is 2.78. The predicted octanol–water partition coefficient (Wildman–Crippen LogP) is 4.76. The van der Waals surface area contributed by atoms with Crippen molar-refractivity contribution in [3.8, 4) is 11.6 Å². The molecule has 7 heteroatoms. The van der Waals surface area contributed by atoms with Gasteiger partial charge in [-0.3, -0.25) is 4.79 Å². The fourth-order valence-electron chi connectivity index (χ4n) is 2.52. The van der Waals surface area contributed by atoms with E-state index in [0.717, 1.165) is 5.52 Å². The van der Waals surface area contributed by atoms with Gasteiger partial charge in [0.2, 0.25) is 5.88 Å². The van der Waals surface area contributed by atoms with E-state index in [2.05, 4.69) is 26.2 Å². The molecule has 2 N–H and O–H groups in total. The summed E-state index contributed by atoms with van der Waals surface area (Å²) in [5.41, 5.74) is 1.08. The Kier molecular flexibility index (Phi) is 4.35. The van der Waals surface area contributed by atoms with Gasteiger partial charge in [0.1, 0.15) is 5.75 Å². The van der Waals surface area contributed by atoms with E-state index in [0.29, 0.717) is 16.4 Å². The van der Waals surface area contributed by atoms with Gasteiger partial charge in [0.15, 0.2) is 5.69 Å². The van der Waals surface area contributed by atoms with E-state index in [1.807, 2.05) is 25.1 Å². The largest absolute Gasteiger partial charge is 0.507 e. The minimum Gasteiger partial charge on any atom is -0.507 e. The average Bonchev–Trinajstić information content (AvgIpc) is 2.85. The van der Waals surface area contributed by atoms with Gasteiger partial charge >= 0.3 is 0 Å². The highest BCUT2D eigenvalue weighted by atomic mass is 79.9. The first-order chi connectivity index (χ1) is 11.5. The first-order valence-electron chi connectivity index (χ1n) is 7.27. The van der Waals surface area contributed by atoms with Gasteiger partial charge in [-0.15, -0.1) is 10.2 Å². The van der Waals surface area contributed by atoms with Gasteiger partial charge in [-0.25, -0.2) is 0 Å². The number of fused-ring (bicyclic) bond motifs is 1. The molecule has 3 rings (SSSR count). The van der Waals surface area contributed by atoms with Crippen LogP contribution in [0.3, 0.4) is 0 Å². The van der Waals surface area contributed by atoms with Crippen LogP contribution in [-0.4, -0.2) is 20.7 Å². The summed E-state index contributed by atoms with van der Waals surface area (Å²) in [6, 6.07) is 11.8. The summed E-state index contributed by atoms with van der Waals surface area (Å²) in [6.07, 6.45) is 0. The standard InChI is InChI=1S/C17H14BrN3O3/c1-2-21-13-6-4-3-5-11(13)15(17(21)24)19-20-16(23)12-9-10(18)7-8-14(12)22/h3-9,22,24H,2H2,1H3. The number of hydrogen-bond acceptors (Lipinski definition) is 4. The van der Waals surface area contributed by atoms with Crippen LogP contribution in [-0.2, 0) is 6.54 Å². The van der Waals surface area contributed by atoms with Crippen LogP contribution in [0.25, 0.3) is 10.9 Å². The molecule has 2 aromatic carbocycles. The minimum atomic E-state index is -0.693. The molecule has 3 aromatic rings. The zero-order chi connectivity index (χ0) is 17.3. The van der Waals surface area contributed by atoms with Gasteiger partial charge in [-0.05, 0) is 31.2 Å². The molecular weight excluding hydrogens is 374 g/mol. The Morgan fingerprint density at radius 1 is 1.21 bits per heavy atom. The van der Waals surface area contributed by atoms with Crippen LogP contribution in [0.15, 0.2) is 57.2 Å². The van der Waals surface area contributed by atoms with Crippen molar-refractivity contribution < 1.29 is 15.0 Å². The van der Waals surface area contributed by atoms with Crippen LogP contribution < -0.4 is 0 Å². The number of hydrogen-bond donors (Lipinski definition) is 2. The summed E-state index contributed by atoms with van der Waals surface area (Å²) in [7, 11) is 0. The van der Waals surface area contributed by atoms with Crippen LogP contribution in [0.5, 0.6) is 11.6 Å². The fourth-order valence-corrected chi connectivity index (χ4v) is 2.88. The van der Waals surface area contributed by atoms with Crippen molar-refractivity contribution in [2.24, 2.45) is 10.2 Å². The maximum Gasteiger partial charge on any atom is 0.299 e. The highest BCUT2D eigenvalue weighted by molar-refractivity contribution is 9.10. The number of aromatic hydroxyl groups is 2. The number of aryl methyl sites for hydroxylation is 1. The molecule has 122 valence electrons. The number of para-hydroxylation sites is 1. The lowest BCUT2D eigenvalue weighted by atomic mass is 10.2. The van der Waals surface area contributed by atoms with Crippen molar-refractivity contribution in [3.05, 3.63) is 52.5 Å². The molecule has 0 bridgehead atoms. The number of carbonyl (C=O) groups excluding carboxylic acids is 1. The average molecular weight is 388 g/mol. The number of carbonyl (C=O) groups is 1. The third-order valence-corrected chi connectivity index (χ3v) is 4.16. The van der Waals surface area contributed by atoms with Crippen molar-refractivity contribution in [2.45, 2.75) is 13.5 Å². The van der Waals surface area contributed by atoms with Gasteiger partial charge in [-0.1, -0.05) is 34.1 Å². The van der Waals surface area contributed by atoms with E-state index in [-0.39, 0.29) is 22.9 Å². The Hall–Kier alpha value is -2.67. The second kappa shape index (κ2) is 6.45. The van der Waals surface area contributed by atoms with E-state index < -0.39 is 5.91 Å². The predicted molar refractivity (Wildman–Crippen MR) is 93.9 cm³/mol. The van der Waals surface area contributed by atoms with E-state index >= 15 is 0 Å². The summed E-state index contributed by atoms with van der Waals surface area (Å²) < 4.78 is 2.33. The Balaban J connectivity index is 2.03. The van der Waals surface area contributed by atoms with Crippen LogP contribution in [0.1, 0.15) is 17.3 Å². The number of benzene rings is 2. The van der Waals surface area contributed by atoms with E-state index in [4.69, 9.17) is 0 Å². The fraction of sp³-hybridized carbons (Fsp3) is 0.118. The number of amides is 1. The van der Waals surface area contributed by atoms with Crippen molar-refractivity contribution in [1.82, 2.24) is 4.57 Å². The lowest BCUT2D eigenvalue weighted by Crippen LogP contribution is -1.94. The molecule has 0 spiro atoms. The monoisotopic (exact) mass is 387 g/mol. The molecule has 0 aliphatic rings. The van der Waals surface area contributed by atoms with Gasteiger partial charge in [0.25, 0.3) is 5.91 Å². The second-order valence-electron chi connectivity index (χ2n) is 5.10. The van der Waals surface area contributed by atoms with Gasteiger partial charge in [0.05, 0.1) is 11.1 Å². The van der Waals surface area contributed by atoms with Gasteiger partial charge in [0, 0.05) is 16.4 Å². The summed E-state index contributed by atoms with van der Waals surface area (Å²) >= 11 is 3.24. The number of phenols is 1. The Morgan fingerprint density at radius 3 is 2.71 bits per heavy atom. The molecule has 1 amide bonds. The molecule has 1 aromatic heterocycles. The molecule has 0 atom stereocenters. The molecule has 0 aliphatic carbocycles. The first-order valence-corrected chi connectivity index (χ1v) is 8.07. The Morgan fingerprint density at radius 2 is 1.96 bits per heavy atom. The lowest BCUT2D eigenvalue weighted by Gasteiger charge is -2.01. The minimum absolute atomic E-state index is 0.0341. The van der Waals surface area contributed by atoms with Crippen molar-refractivity contribution in [1.29, 1.82) is 0 Å². The Labute approximate surface area is 146 Å². The van der Waals surface area contributed by atoms with Gasteiger partial charge in [-0.2, -0.15) is 0 Å². The highest BCUT2D eigenvalue weighted by Gasteiger charge is 2.16. The third-order valence-electron chi connectivity index (χ3n) is 3.66. The van der Waals surface area contributed by atoms with E-state index in [9.17, 15) is 15.0 Å². The lowest BCUT2D eigenvalue weighted by molar-refractivity contribution is 0.0992. The van der Waals surface area contributed by atoms with Crippen LogP contribution in [0.2, 0.25) is 0 Å². The van der Waals surface area contributed by atoms with Crippen LogP contribution in [0.4, 0.5) is 5.69 Å². The number of aromatic nitrogens is 1. The van der Waals surface area contributed by atoms with E-state index in [1.54, 1.807) is 16.7 Å². The zero-order valence-electron chi connectivity index (χ0n) is 12.8. The second-order valence-corrected chi connectivity index (χ2v) is 6.02. The topological polar surface area (TPSA) is 87.2 Å². The number of azo groups is 1. The number of nitrogens with zero attached hydrogens (tertiary/aromatic N) is 3. The smallest absolute Gasteiger partial charge is 0.299 e. The van der Waals surface area contributed by atoms with Crippen LogP contribution >= 0.6 is 15.9 Å². The van der Waals surface area contributed by atoms with Crippen LogP contribution in [0, 0.1) is 0 Å². The number of halogens is 1. The summed E-state index contributed by atoms with van der Waals surface area (Å²) in [4.78, 5) is 12.2. The molecular formula is C17H14BrN3O3. The summed E-state index contributed by atoms with van der Waals surface area (Å²) in [5, 5.41) is 28.4. The Bertz CT molecular complexity index is 963. The van der Waals surface area contributed by atoms with Crippen molar-refractivity contribution in [2.75, 3.05) is 0 Å². The maximum atomic E-state index is 12.2. The molecule has 0 aliphatic heterocycles. The van der Waals surface area contributed by atoms with E-state index in [1.165, 1.54) is 12.1 Å². The number of phenolic OH excluding ortho intramolecular Hbond substituents is 1. The molecule has 24 heavy (non-hydrogen) atoms. The molecule has 6 nitrogen and oxygen atoms in total. The molecule has 0 fully saturated rings. The van der Waals surface area contributed by atoms with Crippen molar-refractivity contribution in [3.63, 3.8) is 0 Å². The molecule has 1 heterocycles. The summed E-state index contributed by atoms with van der Waals surface area (Å²) in [6.45, 7) is 2.46. The highest BCUT2D eigenvalue weighted by Crippen LogP contribution is 2.38. The number of rotatable bonds is 3. The molecule has 0 radical (unpaired) electrons. The summed E-state index contributed by atoms with van der Waals surface area (Å²) in [5.74, 6) is -0.919. The molecule has 0 saturated heterocycles. The zero-order valence-corrected chi connectivity index (χ0v) is 14.4. The quantitative estimate of drug-likeness (QED) is 0.635. The first kappa shape index (κ1) is 16.2. The molecule has 0 saturated carbocycles. The SMILES string of the molecule is CCn1c(O)c(N=NC(=O)c2cc(Br)ccc2O)c2ccccc21. The van der Waals surface area contributed by atoms with Gasteiger partial charge < -0.3 is 14.8 Å².